The summed E-state index contributed by atoms with van der Waals surface area (Å²) >= 11 is 0. The molecule has 0 unspecified atom stereocenters. The summed E-state index contributed by atoms with van der Waals surface area (Å²) in [4.78, 5) is 15.2. The van der Waals surface area contributed by atoms with Crippen LogP contribution in [-0.2, 0) is 7.05 Å². The summed E-state index contributed by atoms with van der Waals surface area (Å²) in [6.07, 6.45) is 6.99. The molecule has 1 N–H and O–H groups in total. The zero-order valence-corrected chi connectivity index (χ0v) is 18.1. The smallest absolute Gasteiger partial charge is 0.255 e. The molecule has 0 saturated carbocycles. The lowest BCUT2D eigenvalue weighted by Gasteiger charge is -2.22. The quantitative estimate of drug-likeness (QED) is 0.596. The van der Waals surface area contributed by atoms with Crippen molar-refractivity contribution in [3.63, 3.8) is 0 Å². The number of carbonyl (C=O) groups is 1. The van der Waals surface area contributed by atoms with Crippen molar-refractivity contribution in [1.82, 2.24) is 14.7 Å². The maximum atomic E-state index is 13.2. The highest BCUT2D eigenvalue weighted by Gasteiger charge is 2.38. The third-order valence-electron chi connectivity index (χ3n) is 6.65. The topological polar surface area (TPSA) is 59.4 Å². The van der Waals surface area contributed by atoms with Crippen LogP contribution in [0, 0.1) is 5.82 Å². The van der Waals surface area contributed by atoms with E-state index in [1.807, 2.05) is 31.3 Å². The fourth-order valence-corrected chi connectivity index (χ4v) is 5.02. The Hall–Kier alpha value is -3.19. The molecule has 5 rings (SSSR count). The molecule has 2 saturated heterocycles. The lowest BCUT2D eigenvalue weighted by molar-refractivity contribution is 0.102. The first-order chi connectivity index (χ1) is 15.6. The number of anilines is 1. The number of ether oxygens (including phenoxy) is 1. The summed E-state index contributed by atoms with van der Waals surface area (Å²) in [5, 5.41) is 7.17. The van der Waals surface area contributed by atoms with Gasteiger partial charge in [0.05, 0.1) is 5.69 Å². The van der Waals surface area contributed by atoms with Gasteiger partial charge in [-0.05, 0) is 74.2 Å². The highest BCUT2D eigenvalue weighted by molar-refractivity contribution is 6.04. The zero-order chi connectivity index (χ0) is 22.1. The maximum absolute atomic E-state index is 13.2. The number of fused-ring (bicyclic) bond motifs is 2. The molecule has 7 heteroatoms. The Morgan fingerprint density at radius 1 is 1.09 bits per heavy atom. The molecular weight excluding hydrogens is 407 g/mol. The summed E-state index contributed by atoms with van der Waals surface area (Å²) < 4.78 is 21.2. The van der Waals surface area contributed by atoms with Gasteiger partial charge in [0.2, 0.25) is 0 Å². The third-order valence-corrected chi connectivity index (χ3v) is 6.65. The lowest BCUT2D eigenvalue weighted by Crippen LogP contribution is -2.32. The Balaban J connectivity index is 1.33. The number of hydrogen-bond donors (Lipinski definition) is 1. The average Bonchev–Trinajstić information content (AvgIpc) is 3.51. The summed E-state index contributed by atoms with van der Waals surface area (Å²) in [6.45, 7) is 1.56. The Bertz CT molecular complexity index is 1090. The molecule has 2 aliphatic rings. The van der Waals surface area contributed by atoms with Gasteiger partial charge in [0.15, 0.2) is 0 Å². The Kier molecular flexibility index (Phi) is 5.66. The van der Waals surface area contributed by atoms with E-state index < -0.39 is 0 Å². The SMILES string of the molecule is Cn1nccc1-c1cc(NC(=O)c2ccc(F)cc2)ccc1OCCN1C2CCC1CC2. The molecule has 2 aromatic carbocycles. The van der Waals surface area contributed by atoms with E-state index in [9.17, 15) is 9.18 Å². The molecule has 32 heavy (non-hydrogen) atoms. The van der Waals surface area contributed by atoms with Crippen LogP contribution < -0.4 is 10.1 Å². The summed E-state index contributed by atoms with van der Waals surface area (Å²) in [7, 11) is 1.88. The van der Waals surface area contributed by atoms with Crippen molar-refractivity contribution in [3.05, 3.63) is 66.1 Å². The number of nitrogens with zero attached hydrogens (tertiary/aromatic N) is 3. The maximum Gasteiger partial charge on any atom is 0.255 e. The van der Waals surface area contributed by atoms with Crippen LogP contribution in [0.25, 0.3) is 11.3 Å². The van der Waals surface area contributed by atoms with E-state index in [-0.39, 0.29) is 11.7 Å². The first-order valence-electron chi connectivity index (χ1n) is 11.2. The summed E-state index contributed by atoms with van der Waals surface area (Å²) in [5.41, 5.74) is 2.81. The van der Waals surface area contributed by atoms with E-state index in [1.54, 1.807) is 10.9 Å². The van der Waals surface area contributed by atoms with Crippen molar-refractivity contribution in [2.75, 3.05) is 18.5 Å². The van der Waals surface area contributed by atoms with Gasteiger partial charge in [-0.25, -0.2) is 4.39 Å². The van der Waals surface area contributed by atoms with Gasteiger partial charge in [-0.2, -0.15) is 5.10 Å². The van der Waals surface area contributed by atoms with Gasteiger partial charge >= 0.3 is 0 Å². The summed E-state index contributed by atoms with van der Waals surface area (Å²) in [6, 6.07) is 14.5. The molecule has 1 amide bonds. The van der Waals surface area contributed by atoms with Crippen molar-refractivity contribution in [3.8, 4) is 17.0 Å². The Morgan fingerprint density at radius 3 is 2.47 bits per heavy atom. The molecule has 1 aromatic heterocycles. The minimum atomic E-state index is -0.372. The number of nitrogens with one attached hydrogen (secondary N) is 1. The molecule has 2 bridgehead atoms. The van der Waals surface area contributed by atoms with E-state index in [2.05, 4.69) is 15.3 Å². The molecule has 0 atom stereocenters. The van der Waals surface area contributed by atoms with Crippen LogP contribution in [0.15, 0.2) is 54.7 Å². The second kappa shape index (κ2) is 8.74. The largest absolute Gasteiger partial charge is 0.492 e. The average molecular weight is 435 g/mol. The molecule has 3 aromatic rings. The first kappa shape index (κ1) is 20.7. The monoisotopic (exact) mass is 434 g/mol. The first-order valence-corrected chi connectivity index (χ1v) is 11.2. The number of benzene rings is 2. The minimum absolute atomic E-state index is 0.292. The highest BCUT2D eigenvalue weighted by atomic mass is 19.1. The molecule has 0 radical (unpaired) electrons. The van der Waals surface area contributed by atoms with Crippen molar-refractivity contribution >= 4 is 11.6 Å². The number of amides is 1. The Labute approximate surface area is 187 Å². The second-order valence-electron chi connectivity index (χ2n) is 8.56. The molecule has 2 aliphatic heterocycles. The molecule has 3 heterocycles. The van der Waals surface area contributed by atoms with E-state index in [0.717, 1.165) is 35.6 Å². The van der Waals surface area contributed by atoms with Crippen LogP contribution in [0.5, 0.6) is 5.75 Å². The lowest BCUT2D eigenvalue weighted by atomic mass is 10.0. The molecular formula is C25H27FN4O2. The van der Waals surface area contributed by atoms with Crippen molar-refractivity contribution in [1.29, 1.82) is 0 Å². The molecule has 2 fully saturated rings. The van der Waals surface area contributed by atoms with Crippen molar-refractivity contribution < 1.29 is 13.9 Å². The highest BCUT2D eigenvalue weighted by Crippen LogP contribution is 2.37. The zero-order valence-electron chi connectivity index (χ0n) is 18.1. The number of aromatic nitrogens is 2. The van der Waals surface area contributed by atoms with Gasteiger partial charge in [0.1, 0.15) is 18.2 Å². The van der Waals surface area contributed by atoms with Crippen LogP contribution in [0.3, 0.4) is 0 Å². The van der Waals surface area contributed by atoms with Gasteiger partial charge < -0.3 is 10.1 Å². The van der Waals surface area contributed by atoms with Gasteiger partial charge in [0, 0.05) is 48.7 Å². The molecule has 6 nitrogen and oxygen atoms in total. The molecule has 166 valence electrons. The second-order valence-corrected chi connectivity index (χ2v) is 8.56. The van der Waals surface area contributed by atoms with Crippen LogP contribution in [0.1, 0.15) is 36.0 Å². The van der Waals surface area contributed by atoms with Crippen LogP contribution in [0.4, 0.5) is 10.1 Å². The third kappa shape index (κ3) is 4.12. The van der Waals surface area contributed by atoms with Crippen molar-refractivity contribution in [2.45, 2.75) is 37.8 Å². The normalized spacial score (nSPS) is 19.9. The predicted molar refractivity (Wildman–Crippen MR) is 121 cm³/mol. The van der Waals surface area contributed by atoms with Gasteiger partial charge in [-0.3, -0.25) is 14.4 Å². The number of rotatable bonds is 7. The van der Waals surface area contributed by atoms with E-state index in [0.29, 0.717) is 17.9 Å². The van der Waals surface area contributed by atoms with E-state index >= 15 is 0 Å². The number of hydrogen-bond acceptors (Lipinski definition) is 4. The number of carbonyl (C=O) groups excluding carboxylic acids is 1. The van der Waals surface area contributed by atoms with Gasteiger partial charge in [-0.15, -0.1) is 0 Å². The molecule has 0 aliphatic carbocycles. The van der Waals surface area contributed by atoms with Gasteiger partial charge in [0.25, 0.3) is 5.91 Å². The van der Waals surface area contributed by atoms with Gasteiger partial charge in [-0.1, -0.05) is 0 Å². The van der Waals surface area contributed by atoms with E-state index in [4.69, 9.17) is 4.74 Å². The predicted octanol–water partition coefficient (Wildman–Crippen LogP) is 4.48. The number of aryl methyl sites for hydroxylation is 1. The van der Waals surface area contributed by atoms with Crippen LogP contribution >= 0.6 is 0 Å². The Morgan fingerprint density at radius 2 is 1.81 bits per heavy atom. The van der Waals surface area contributed by atoms with Crippen LogP contribution in [0.2, 0.25) is 0 Å². The number of halogens is 1. The standard InChI is InChI=1S/C25H27FN4O2/c1-29-23(12-13-27-29)22-16-19(28-25(31)17-2-4-18(26)5-3-17)6-11-24(22)32-15-14-30-20-7-8-21(30)10-9-20/h2-6,11-13,16,20-21H,7-10,14-15H2,1H3,(H,28,31). The molecule has 0 spiro atoms. The minimum Gasteiger partial charge on any atom is -0.492 e. The van der Waals surface area contributed by atoms with Crippen molar-refractivity contribution in [2.24, 2.45) is 7.05 Å². The van der Waals surface area contributed by atoms with Crippen LogP contribution in [-0.4, -0.2) is 45.8 Å². The summed E-state index contributed by atoms with van der Waals surface area (Å²) in [5.74, 6) is 0.0996. The van der Waals surface area contributed by atoms with E-state index in [1.165, 1.54) is 49.9 Å². The fourth-order valence-electron chi connectivity index (χ4n) is 5.02. The fraction of sp³-hybridized carbons (Fsp3) is 0.360.